The molecule has 0 aliphatic heterocycles. The van der Waals surface area contributed by atoms with Crippen molar-refractivity contribution in [3.63, 3.8) is 0 Å². The van der Waals surface area contributed by atoms with Gasteiger partial charge in [-0.1, -0.05) is 36.0 Å². The molecule has 8 nitrogen and oxygen atoms in total. The molecule has 182 valence electrons. The zero-order valence-corrected chi connectivity index (χ0v) is 19.2. The van der Waals surface area contributed by atoms with E-state index in [1.165, 1.54) is 54.5 Å². The van der Waals surface area contributed by atoms with Crippen molar-refractivity contribution in [1.29, 1.82) is 0 Å². The number of nitrogens with one attached hydrogen (secondary N) is 1. The van der Waals surface area contributed by atoms with E-state index < -0.39 is 29.3 Å². The highest BCUT2D eigenvalue weighted by molar-refractivity contribution is 7.99. The summed E-state index contributed by atoms with van der Waals surface area (Å²) in [5, 5.41) is 6.99. The summed E-state index contributed by atoms with van der Waals surface area (Å²) in [5.41, 5.74) is 6.49. The molecule has 5 rings (SSSR count). The summed E-state index contributed by atoms with van der Waals surface area (Å²) in [6, 6.07) is 11.3. The minimum absolute atomic E-state index is 0.0123. The van der Waals surface area contributed by atoms with Gasteiger partial charge in [-0.25, -0.2) is 13.8 Å². The van der Waals surface area contributed by atoms with Crippen LogP contribution in [-0.2, 0) is 32.3 Å². The van der Waals surface area contributed by atoms with Crippen molar-refractivity contribution in [2.24, 2.45) is 23.5 Å². The molecule has 0 spiro atoms. The highest BCUT2D eigenvalue weighted by atomic mass is 32.2. The van der Waals surface area contributed by atoms with Crippen molar-refractivity contribution in [3.05, 3.63) is 77.6 Å². The lowest BCUT2D eigenvalue weighted by molar-refractivity contribution is -0.153. The van der Waals surface area contributed by atoms with Crippen LogP contribution < -0.4 is 5.73 Å². The van der Waals surface area contributed by atoms with E-state index in [2.05, 4.69) is 15.2 Å². The molecule has 5 atom stereocenters. The second-order valence-electron chi connectivity index (χ2n) is 8.76. The van der Waals surface area contributed by atoms with Crippen LogP contribution in [0.1, 0.15) is 17.5 Å². The maximum absolute atomic E-state index is 13.2. The Morgan fingerprint density at radius 3 is 2.20 bits per heavy atom. The molecule has 3 aromatic rings. The Morgan fingerprint density at radius 2 is 1.63 bits per heavy atom. The first-order chi connectivity index (χ1) is 16.8. The molecule has 0 saturated heterocycles. The maximum atomic E-state index is 13.2. The fourth-order valence-electron chi connectivity index (χ4n) is 4.80. The molecule has 1 heterocycles. The Hall–Kier alpha value is -3.31. The fourth-order valence-corrected chi connectivity index (χ4v) is 6.15. The predicted molar refractivity (Wildman–Crippen MR) is 120 cm³/mol. The van der Waals surface area contributed by atoms with Gasteiger partial charge in [-0.15, -0.1) is 0 Å². The van der Waals surface area contributed by atoms with Gasteiger partial charge in [0.05, 0.1) is 5.92 Å². The largest absolute Gasteiger partial charge is 0.461 e. The van der Waals surface area contributed by atoms with Crippen LogP contribution in [0.25, 0.3) is 0 Å². The van der Waals surface area contributed by atoms with E-state index >= 15 is 0 Å². The van der Waals surface area contributed by atoms with Gasteiger partial charge in [0.1, 0.15) is 36.7 Å². The molecule has 3 N–H and O–H groups in total. The molecule has 0 bridgehead atoms. The number of carbonyl (C=O) groups excluding carboxylic acids is 2. The Morgan fingerprint density at radius 1 is 1.03 bits per heavy atom. The summed E-state index contributed by atoms with van der Waals surface area (Å²) < 4.78 is 37.2. The molecule has 0 amide bonds. The van der Waals surface area contributed by atoms with Crippen LogP contribution in [-0.4, -0.2) is 37.9 Å². The number of benzene rings is 2. The number of nitrogens with two attached hydrogens (primary N) is 1. The quantitative estimate of drug-likeness (QED) is 0.453. The van der Waals surface area contributed by atoms with Crippen LogP contribution in [0.2, 0.25) is 0 Å². The summed E-state index contributed by atoms with van der Waals surface area (Å²) >= 11 is 1.37. The number of nitrogens with zero attached hydrogens (tertiary/aromatic N) is 2. The standard InChI is InChI=1S/C24H22F2N4O4S/c25-15-5-1-13(2-6-15)10-33-21(31)19-18-17(35-23-28-12-29-30-23)9-24(27,20(18)19)22(32)34-11-14-3-7-16(26)8-4-14/h1-8,12,17-20H,9-11,27H2,(H,28,29,30)/t17-,18-,19-,20-,24-/m0/s1. The number of aromatic amines is 1. The average Bonchev–Trinajstić information content (AvgIpc) is 3.28. The first-order valence-corrected chi connectivity index (χ1v) is 11.9. The van der Waals surface area contributed by atoms with Crippen LogP contribution >= 0.6 is 11.8 Å². The number of aromatic nitrogens is 3. The van der Waals surface area contributed by atoms with E-state index in [9.17, 15) is 18.4 Å². The number of thioether (sulfide) groups is 1. The van der Waals surface area contributed by atoms with Gasteiger partial charge in [-0.2, -0.15) is 5.10 Å². The molecule has 2 aliphatic carbocycles. The summed E-state index contributed by atoms with van der Waals surface area (Å²) in [5.74, 6) is -3.08. The molecular formula is C24H22F2N4O4S. The molecule has 2 aliphatic rings. The van der Waals surface area contributed by atoms with Gasteiger partial charge in [0.2, 0.25) is 0 Å². The SMILES string of the molecule is N[C@@]1(C(=O)OCc2ccc(F)cc2)C[C@H](Sc2ncn[nH]2)[C@H]2[C@H](C(=O)OCc3ccc(F)cc3)[C@H]21. The number of hydrogen-bond donors (Lipinski definition) is 2. The minimum Gasteiger partial charge on any atom is -0.461 e. The van der Waals surface area contributed by atoms with Gasteiger partial charge in [-0.05, 0) is 47.7 Å². The predicted octanol–water partition coefficient (Wildman–Crippen LogP) is 2.99. The minimum atomic E-state index is -1.39. The Balaban J connectivity index is 1.28. The van der Waals surface area contributed by atoms with Crippen molar-refractivity contribution in [1.82, 2.24) is 15.2 Å². The molecule has 35 heavy (non-hydrogen) atoms. The number of ether oxygens (including phenoxy) is 2. The normalized spacial score (nSPS) is 26.7. The van der Waals surface area contributed by atoms with Gasteiger partial charge in [0.15, 0.2) is 5.16 Å². The van der Waals surface area contributed by atoms with Gasteiger partial charge >= 0.3 is 11.9 Å². The number of H-pyrrole nitrogens is 1. The number of rotatable bonds is 8. The van der Waals surface area contributed by atoms with Crippen molar-refractivity contribution in [2.45, 2.75) is 35.6 Å². The van der Waals surface area contributed by atoms with Crippen molar-refractivity contribution in [2.75, 3.05) is 0 Å². The van der Waals surface area contributed by atoms with E-state index in [1.807, 2.05) is 0 Å². The monoisotopic (exact) mass is 500 g/mol. The average molecular weight is 501 g/mol. The summed E-state index contributed by atoms with van der Waals surface area (Å²) in [7, 11) is 0. The number of halogens is 2. The third-order valence-electron chi connectivity index (χ3n) is 6.52. The van der Waals surface area contributed by atoms with Crippen LogP contribution in [0.5, 0.6) is 0 Å². The number of carbonyl (C=O) groups is 2. The highest BCUT2D eigenvalue weighted by Gasteiger charge is 2.74. The Bertz CT molecular complexity index is 1210. The maximum Gasteiger partial charge on any atom is 0.326 e. The first-order valence-electron chi connectivity index (χ1n) is 11.0. The van der Waals surface area contributed by atoms with E-state index in [1.54, 1.807) is 12.1 Å². The lowest BCUT2D eigenvalue weighted by Crippen LogP contribution is -2.51. The van der Waals surface area contributed by atoms with E-state index in [-0.39, 0.29) is 42.4 Å². The smallest absolute Gasteiger partial charge is 0.326 e. The fraction of sp³-hybridized carbons (Fsp3) is 0.333. The van der Waals surface area contributed by atoms with Crippen LogP contribution in [0.15, 0.2) is 60.0 Å². The van der Waals surface area contributed by atoms with Gasteiger partial charge in [0.25, 0.3) is 0 Å². The summed E-state index contributed by atoms with van der Waals surface area (Å²) in [4.78, 5) is 30.2. The molecule has 2 aromatic carbocycles. The van der Waals surface area contributed by atoms with Gasteiger partial charge < -0.3 is 15.2 Å². The van der Waals surface area contributed by atoms with Gasteiger partial charge in [-0.3, -0.25) is 14.7 Å². The van der Waals surface area contributed by atoms with Crippen molar-refractivity contribution in [3.8, 4) is 0 Å². The molecular weight excluding hydrogens is 478 g/mol. The Labute approximate surface area is 203 Å². The summed E-state index contributed by atoms with van der Waals surface area (Å²) in [6.45, 7) is -0.0728. The first kappa shape index (κ1) is 23.4. The second-order valence-corrected chi connectivity index (χ2v) is 9.99. The molecule has 2 saturated carbocycles. The molecule has 0 unspecified atom stereocenters. The third kappa shape index (κ3) is 4.78. The molecule has 0 radical (unpaired) electrons. The molecule has 2 fully saturated rings. The van der Waals surface area contributed by atoms with Crippen LogP contribution in [0.4, 0.5) is 8.78 Å². The Kier molecular flexibility index (Phi) is 6.28. The molecule has 11 heteroatoms. The van der Waals surface area contributed by atoms with E-state index in [0.717, 1.165) is 0 Å². The van der Waals surface area contributed by atoms with Gasteiger partial charge in [0, 0.05) is 11.2 Å². The van der Waals surface area contributed by atoms with Crippen LogP contribution in [0, 0.1) is 29.4 Å². The zero-order chi connectivity index (χ0) is 24.6. The van der Waals surface area contributed by atoms with E-state index in [4.69, 9.17) is 15.2 Å². The molecule has 1 aromatic heterocycles. The van der Waals surface area contributed by atoms with Crippen molar-refractivity contribution < 1.29 is 27.8 Å². The second kappa shape index (κ2) is 9.38. The summed E-state index contributed by atoms with van der Waals surface area (Å²) in [6.07, 6.45) is 1.67. The van der Waals surface area contributed by atoms with E-state index in [0.29, 0.717) is 16.3 Å². The van der Waals surface area contributed by atoms with Crippen molar-refractivity contribution >= 4 is 23.7 Å². The number of fused-ring (bicyclic) bond motifs is 1. The lowest BCUT2D eigenvalue weighted by atomic mass is 9.91. The number of esters is 2. The lowest BCUT2D eigenvalue weighted by Gasteiger charge is -2.27. The zero-order valence-electron chi connectivity index (χ0n) is 18.4. The third-order valence-corrected chi connectivity index (χ3v) is 7.73. The number of hydrogen-bond acceptors (Lipinski definition) is 8. The van der Waals surface area contributed by atoms with Crippen LogP contribution in [0.3, 0.4) is 0 Å². The highest BCUT2D eigenvalue weighted by Crippen LogP contribution is 2.65. The topological polar surface area (TPSA) is 120 Å².